The minimum atomic E-state index is -0.869. The van der Waals surface area contributed by atoms with Crippen LogP contribution >= 0.6 is 0 Å². The number of hydrogen-bond acceptors (Lipinski definition) is 12. The Labute approximate surface area is 339 Å². The van der Waals surface area contributed by atoms with Crippen molar-refractivity contribution in [1.29, 1.82) is 5.26 Å². The van der Waals surface area contributed by atoms with E-state index < -0.39 is 48.0 Å². The third-order valence-electron chi connectivity index (χ3n) is 7.99. The van der Waals surface area contributed by atoms with E-state index in [-0.39, 0.29) is 24.2 Å². The van der Waals surface area contributed by atoms with E-state index in [1.54, 1.807) is 105 Å². The van der Waals surface area contributed by atoms with Gasteiger partial charge >= 0.3 is 182 Å². The first-order valence-corrected chi connectivity index (χ1v) is 18.9. The second kappa shape index (κ2) is 19.0. The van der Waals surface area contributed by atoms with Crippen LogP contribution in [0.25, 0.3) is 11.1 Å². The van der Waals surface area contributed by atoms with Crippen LogP contribution < -0.4 is 20.5 Å². The van der Waals surface area contributed by atoms with Crippen LogP contribution in [0.5, 0.6) is 5.95 Å². The molecule has 0 aliphatic carbocycles. The third kappa shape index (κ3) is 14.5. The topological polar surface area (TPSA) is 189 Å². The molecule has 2 aliphatic heterocycles. The molecule has 3 N–H and O–H groups in total. The van der Waals surface area contributed by atoms with Crippen LogP contribution in [0.3, 0.4) is 0 Å². The standard InChI is InChI=1S/C39H52B2FN7O9/c1-37(2,3)55-34(50)44-32(40-53-24-43)48-19-17-26(18-20-48)30-13-14-31(54-30)58-41(10)47-27-11-12-28(29(42)23-27)25-15-21-49(22-16-25)33(45-35(51)56-38(4,5)6)46-36(52)57-39(7,8)9/h11-15,17,23,47H,16,18-22H2,1-10H3,(H,44,50)(H,45,46,51,52). The molecule has 0 saturated heterocycles. The average Bonchev–Trinajstić information content (AvgIpc) is 3.56. The Morgan fingerprint density at radius 1 is 0.862 bits per heavy atom. The number of carbonyl (C=O) groups is 3. The molecule has 0 atom stereocenters. The van der Waals surface area contributed by atoms with Crippen molar-refractivity contribution in [3.8, 4) is 12.2 Å². The second-order valence-corrected chi connectivity index (χ2v) is 16.5. The molecule has 0 radical (unpaired) electrons. The number of nitrogens with one attached hydrogen (secondary N) is 3. The summed E-state index contributed by atoms with van der Waals surface area (Å²) in [7, 11) is 0.572. The molecule has 310 valence electrons. The van der Waals surface area contributed by atoms with Crippen LogP contribution in [0.1, 0.15) is 86.5 Å². The summed E-state index contributed by atoms with van der Waals surface area (Å²) in [6, 6.07) is 8.31. The molecule has 2 aliphatic rings. The van der Waals surface area contributed by atoms with Gasteiger partial charge in [-0.15, -0.1) is 4.99 Å². The summed E-state index contributed by atoms with van der Waals surface area (Å²) in [6.07, 6.45) is 3.97. The van der Waals surface area contributed by atoms with Gasteiger partial charge in [-0.2, -0.15) is 0 Å². The molecule has 58 heavy (non-hydrogen) atoms. The third-order valence-corrected chi connectivity index (χ3v) is 7.99. The zero-order chi connectivity index (χ0) is 42.8. The van der Waals surface area contributed by atoms with E-state index in [0.29, 0.717) is 49.5 Å². The van der Waals surface area contributed by atoms with Crippen LogP contribution in [-0.4, -0.2) is 96.9 Å². The van der Waals surface area contributed by atoms with Gasteiger partial charge in [0.2, 0.25) is 5.96 Å². The molecule has 0 saturated carbocycles. The van der Waals surface area contributed by atoms with E-state index in [1.807, 2.05) is 17.1 Å². The van der Waals surface area contributed by atoms with Gasteiger partial charge in [-0.1, -0.05) is 6.08 Å². The number of anilines is 1. The first-order chi connectivity index (χ1) is 27.1. The summed E-state index contributed by atoms with van der Waals surface area (Å²) in [5, 5.41) is 17.2. The summed E-state index contributed by atoms with van der Waals surface area (Å²) in [5.41, 5.74) is 0.605. The van der Waals surface area contributed by atoms with Crippen molar-refractivity contribution in [2.24, 2.45) is 4.99 Å². The Hall–Kier alpha value is -5.92. The van der Waals surface area contributed by atoms with Crippen LogP contribution in [0.4, 0.5) is 24.5 Å². The molecule has 0 bridgehead atoms. The Kier molecular flexibility index (Phi) is 14.7. The van der Waals surface area contributed by atoms with Gasteiger partial charge in [0, 0.05) is 18.7 Å². The number of amides is 3. The number of guanidine groups is 1. The summed E-state index contributed by atoms with van der Waals surface area (Å²) in [6.45, 7) is 18.8. The number of aliphatic imine (C=N–C) groups is 1. The number of halogens is 1. The normalized spacial score (nSPS) is 15.1. The predicted molar refractivity (Wildman–Crippen MR) is 219 cm³/mol. The number of rotatable bonds is 9. The van der Waals surface area contributed by atoms with Crippen molar-refractivity contribution < 1.29 is 46.7 Å². The summed E-state index contributed by atoms with van der Waals surface area (Å²) >= 11 is 0. The Bertz CT molecular complexity index is 1990. The van der Waals surface area contributed by atoms with Crippen molar-refractivity contribution in [2.75, 3.05) is 31.4 Å². The maximum absolute atomic E-state index is 15.5. The summed E-state index contributed by atoms with van der Waals surface area (Å²) in [5.74, 6) is 0.401. The maximum atomic E-state index is 15.5. The van der Waals surface area contributed by atoms with Gasteiger partial charge in [-0.3, -0.25) is 5.32 Å². The van der Waals surface area contributed by atoms with Crippen LogP contribution in [0.15, 0.2) is 51.9 Å². The average molecular weight is 804 g/mol. The molecule has 3 amide bonds. The molecular formula is C39H52B2FN7O9. The first-order valence-electron chi connectivity index (χ1n) is 18.9. The molecule has 1 aromatic heterocycles. The zero-order valence-corrected chi connectivity index (χ0v) is 34.8. The molecule has 16 nitrogen and oxygen atoms in total. The molecule has 4 rings (SSSR count). The molecule has 0 fully saturated rings. The van der Waals surface area contributed by atoms with E-state index in [2.05, 4.69) is 20.9 Å². The Morgan fingerprint density at radius 2 is 1.47 bits per heavy atom. The van der Waals surface area contributed by atoms with Gasteiger partial charge in [0.25, 0.3) is 0 Å². The zero-order valence-electron chi connectivity index (χ0n) is 34.8. The van der Waals surface area contributed by atoms with E-state index in [0.717, 1.165) is 18.3 Å². The quantitative estimate of drug-likeness (QED) is 0.0795. The van der Waals surface area contributed by atoms with Gasteiger partial charge < -0.3 is 14.4 Å². The van der Waals surface area contributed by atoms with Gasteiger partial charge in [0.1, 0.15) is 17.0 Å². The van der Waals surface area contributed by atoms with E-state index in [1.165, 1.54) is 6.07 Å². The Balaban J connectivity index is 1.35. The molecular weight excluding hydrogens is 751 g/mol. The molecule has 0 unspecified atom stereocenters. The van der Waals surface area contributed by atoms with Crippen LogP contribution in [-0.2, 0) is 18.9 Å². The number of carbonyl (C=O) groups excluding carboxylic acids is 3. The van der Waals surface area contributed by atoms with Crippen molar-refractivity contribution in [3.05, 3.63) is 59.6 Å². The van der Waals surface area contributed by atoms with Gasteiger partial charge in [0.05, 0.1) is 0 Å². The molecule has 2 aromatic rings. The van der Waals surface area contributed by atoms with E-state index >= 15 is 4.39 Å². The fraction of sp³-hybridized carbons (Fsp3) is 0.487. The molecule has 3 heterocycles. The van der Waals surface area contributed by atoms with E-state index in [4.69, 9.17) is 33.2 Å². The number of ether oxygens (including phenoxy) is 3. The van der Waals surface area contributed by atoms with Crippen molar-refractivity contribution in [1.82, 2.24) is 20.4 Å². The van der Waals surface area contributed by atoms with Gasteiger partial charge in [-0.25, -0.2) is 14.0 Å². The fourth-order valence-electron chi connectivity index (χ4n) is 5.69. The fourth-order valence-corrected chi connectivity index (χ4v) is 5.69. The minimum absolute atomic E-state index is 0.0295. The number of nitrogens with zero attached hydrogens (tertiary/aromatic N) is 4. The van der Waals surface area contributed by atoms with E-state index in [9.17, 15) is 14.4 Å². The number of hydrogen-bond donors (Lipinski definition) is 3. The number of alkyl carbamates (subject to hydrolysis) is 2. The van der Waals surface area contributed by atoms with Crippen LogP contribution in [0.2, 0.25) is 6.82 Å². The number of benzene rings is 1. The number of nitriles is 1. The molecule has 19 heteroatoms. The predicted octanol–water partition coefficient (Wildman–Crippen LogP) is 6.75. The van der Waals surface area contributed by atoms with Gasteiger partial charge in [-0.05, 0) is 71.7 Å². The van der Waals surface area contributed by atoms with Crippen molar-refractivity contribution in [2.45, 2.75) is 98.8 Å². The van der Waals surface area contributed by atoms with Crippen LogP contribution in [0, 0.1) is 17.3 Å². The monoisotopic (exact) mass is 803 g/mol. The molecule has 1 aromatic carbocycles. The first kappa shape index (κ1) is 44.8. The Morgan fingerprint density at radius 3 is 2.03 bits per heavy atom. The van der Waals surface area contributed by atoms with Crippen molar-refractivity contribution >= 4 is 61.0 Å². The number of furan rings is 1. The SMILES string of the molecule is CB(Nc1ccc(C2=CCN(C(=NC(=O)OC(C)(C)C)NC(=O)OC(C)(C)C)CC2)c(F)c1)Oc1ccc(C2=CCN(C(=BOC#N)NC(=O)OC(C)(C)C)CC2)o1. The molecule has 0 spiro atoms. The van der Waals surface area contributed by atoms with Crippen molar-refractivity contribution in [3.63, 3.8) is 0 Å². The second-order valence-electron chi connectivity index (χ2n) is 16.5. The van der Waals surface area contributed by atoms with Gasteiger partial charge in [0.15, 0.2) is 0 Å². The summed E-state index contributed by atoms with van der Waals surface area (Å²) < 4.78 is 48.2. The summed E-state index contributed by atoms with van der Waals surface area (Å²) in [4.78, 5) is 45.0.